The van der Waals surface area contributed by atoms with E-state index < -0.39 is 0 Å². The van der Waals surface area contributed by atoms with E-state index in [1.807, 2.05) is 25.1 Å². The summed E-state index contributed by atoms with van der Waals surface area (Å²) in [5.74, 6) is 0.766. The molecule has 0 heterocycles. The van der Waals surface area contributed by atoms with E-state index in [0.29, 0.717) is 11.7 Å². The Morgan fingerprint density at radius 2 is 2.09 bits per heavy atom. The summed E-state index contributed by atoms with van der Waals surface area (Å²) in [7, 11) is 0. The molecule has 2 fully saturated rings. The SMILES string of the molecule is CC(C#N)CC12CCCCC1CC/C(=C\c1ccccc1)C2=O. The fraction of sp³-hybridized carbons (Fsp3) is 0.524. The lowest BCUT2D eigenvalue weighted by Crippen LogP contribution is -2.46. The van der Waals surface area contributed by atoms with Crippen molar-refractivity contribution in [1.82, 2.24) is 0 Å². The number of ketones is 1. The van der Waals surface area contributed by atoms with Crippen LogP contribution < -0.4 is 0 Å². The van der Waals surface area contributed by atoms with Gasteiger partial charge in [-0.3, -0.25) is 4.79 Å². The summed E-state index contributed by atoms with van der Waals surface area (Å²) >= 11 is 0. The molecular weight excluding hydrogens is 282 g/mol. The highest BCUT2D eigenvalue weighted by molar-refractivity contribution is 6.04. The van der Waals surface area contributed by atoms with Crippen molar-refractivity contribution in [1.29, 1.82) is 5.26 Å². The molecule has 1 aromatic carbocycles. The number of allylic oxidation sites excluding steroid dienone is 1. The Kier molecular flexibility index (Phi) is 4.66. The minimum Gasteiger partial charge on any atom is -0.294 e. The number of carbonyl (C=O) groups excluding carboxylic acids is 1. The predicted octanol–water partition coefficient (Wildman–Crippen LogP) is 5.16. The second-order valence-corrected chi connectivity index (χ2v) is 7.28. The molecule has 2 heteroatoms. The lowest BCUT2D eigenvalue weighted by molar-refractivity contribution is -0.134. The van der Waals surface area contributed by atoms with Gasteiger partial charge >= 0.3 is 0 Å². The van der Waals surface area contributed by atoms with Gasteiger partial charge in [0, 0.05) is 11.3 Å². The lowest BCUT2D eigenvalue weighted by Gasteiger charge is -2.47. The number of carbonyl (C=O) groups is 1. The number of hydrogen-bond acceptors (Lipinski definition) is 2. The molecule has 2 aliphatic carbocycles. The Balaban J connectivity index is 1.94. The largest absolute Gasteiger partial charge is 0.294 e. The molecule has 3 rings (SSSR count). The summed E-state index contributed by atoms with van der Waals surface area (Å²) in [5.41, 5.74) is 1.81. The van der Waals surface area contributed by atoms with Crippen molar-refractivity contribution in [2.45, 2.75) is 51.9 Å². The fourth-order valence-electron chi connectivity index (χ4n) is 4.64. The van der Waals surface area contributed by atoms with E-state index in [0.717, 1.165) is 49.7 Å². The molecular formula is C21H25NO. The van der Waals surface area contributed by atoms with E-state index in [2.05, 4.69) is 24.3 Å². The summed E-state index contributed by atoms with van der Waals surface area (Å²) < 4.78 is 0. The Hall–Kier alpha value is -1.88. The van der Waals surface area contributed by atoms with E-state index in [1.54, 1.807) is 0 Å². The molecule has 0 spiro atoms. The van der Waals surface area contributed by atoms with Crippen LogP contribution in [0.1, 0.15) is 57.4 Å². The van der Waals surface area contributed by atoms with Crippen molar-refractivity contribution in [2.75, 3.05) is 0 Å². The highest BCUT2D eigenvalue weighted by atomic mass is 16.1. The smallest absolute Gasteiger partial charge is 0.165 e. The van der Waals surface area contributed by atoms with Gasteiger partial charge in [0.05, 0.1) is 6.07 Å². The van der Waals surface area contributed by atoms with Crippen LogP contribution in [0.25, 0.3) is 6.08 Å². The standard InChI is InChI=1S/C21H25NO/c1-16(15-22)14-21-12-6-5-9-19(21)11-10-18(20(21)23)13-17-7-3-2-4-8-17/h2-4,7-8,13,16,19H,5-6,9-12,14H2,1H3/b18-13+. The second kappa shape index (κ2) is 6.71. The van der Waals surface area contributed by atoms with E-state index in [-0.39, 0.29) is 11.3 Å². The number of nitrogens with zero attached hydrogens (tertiary/aromatic N) is 1. The zero-order valence-corrected chi connectivity index (χ0v) is 13.9. The molecule has 0 aliphatic heterocycles. The van der Waals surface area contributed by atoms with Crippen LogP contribution in [0.4, 0.5) is 0 Å². The third-order valence-electron chi connectivity index (χ3n) is 5.74. The first kappa shape index (κ1) is 16.0. The molecule has 3 atom stereocenters. The third-order valence-corrected chi connectivity index (χ3v) is 5.74. The average molecular weight is 307 g/mol. The minimum atomic E-state index is -0.272. The summed E-state index contributed by atoms with van der Waals surface area (Å²) in [5, 5.41) is 9.26. The quantitative estimate of drug-likeness (QED) is 0.724. The molecule has 2 aliphatic rings. The Morgan fingerprint density at radius 1 is 1.30 bits per heavy atom. The van der Waals surface area contributed by atoms with Crippen LogP contribution in [0.2, 0.25) is 0 Å². The van der Waals surface area contributed by atoms with Gasteiger partial charge < -0.3 is 0 Å². The molecule has 0 amide bonds. The molecule has 0 aromatic heterocycles. The maximum atomic E-state index is 13.4. The third kappa shape index (κ3) is 3.11. The molecule has 2 saturated carbocycles. The minimum absolute atomic E-state index is 0.0457. The highest BCUT2D eigenvalue weighted by Gasteiger charge is 2.50. The van der Waals surface area contributed by atoms with E-state index >= 15 is 0 Å². The van der Waals surface area contributed by atoms with Crippen molar-refractivity contribution in [3.63, 3.8) is 0 Å². The van der Waals surface area contributed by atoms with Crippen molar-refractivity contribution >= 4 is 11.9 Å². The molecule has 1 aromatic rings. The number of nitriles is 1. The van der Waals surface area contributed by atoms with E-state index in [9.17, 15) is 10.1 Å². The van der Waals surface area contributed by atoms with Crippen LogP contribution in [0.15, 0.2) is 35.9 Å². The number of benzene rings is 1. The Labute approximate surface area is 139 Å². The lowest BCUT2D eigenvalue weighted by atomic mass is 9.55. The highest BCUT2D eigenvalue weighted by Crippen LogP contribution is 2.53. The molecule has 120 valence electrons. The van der Waals surface area contributed by atoms with E-state index in [1.165, 1.54) is 6.42 Å². The molecule has 3 unspecified atom stereocenters. The van der Waals surface area contributed by atoms with Crippen LogP contribution in [0.5, 0.6) is 0 Å². The van der Waals surface area contributed by atoms with Crippen LogP contribution in [0, 0.1) is 28.6 Å². The summed E-state index contributed by atoms with van der Waals surface area (Å²) in [4.78, 5) is 13.4. The molecule has 2 nitrogen and oxygen atoms in total. The van der Waals surface area contributed by atoms with E-state index in [4.69, 9.17) is 0 Å². The van der Waals surface area contributed by atoms with Crippen LogP contribution in [-0.2, 0) is 4.79 Å². The van der Waals surface area contributed by atoms with Crippen molar-refractivity contribution < 1.29 is 4.79 Å². The second-order valence-electron chi connectivity index (χ2n) is 7.28. The molecule has 23 heavy (non-hydrogen) atoms. The Bertz CT molecular complexity index is 640. The fourth-order valence-corrected chi connectivity index (χ4v) is 4.64. The monoisotopic (exact) mass is 307 g/mol. The number of hydrogen-bond donors (Lipinski definition) is 0. The van der Waals surface area contributed by atoms with Crippen molar-refractivity contribution in [2.24, 2.45) is 17.3 Å². The van der Waals surface area contributed by atoms with Gasteiger partial charge in [0.1, 0.15) is 0 Å². The van der Waals surface area contributed by atoms with Gasteiger partial charge in [-0.05, 0) is 62.2 Å². The topological polar surface area (TPSA) is 40.9 Å². The van der Waals surface area contributed by atoms with Crippen LogP contribution >= 0.6 is 0 Å². The van der Waals surface area contributed by atoms with Crippen LogP contribution in [0.3, 0.4) is 0 Å². The zero-order valence-electron chi connectivity index (χ0n) is 13.9. The molecule has 0 N–H and O–H groups in total. The summed E-state index contributed by atoms with van der Waals surface area (Å²) in [6.07, 6.45) is 9.28. The van der Waals surface area contributed by atoms with Gasteiger partial charge in [0.2, 0.25) is 0 Å². The first-order chi connectivity index (χ1) is 11.2. The molecule has 0 bridgehead atoms. The van der Waals surface area contributed by atoms with Gasteiger partial charge in [0.15, 0.2) is 5.78 Å². The number of fused-ring (bicyclic) bond motifs is 1. The number of Topliss-reactive ketones (excluding diaryl/α,β-unsaturated/α-hetero) is 1. The van der Waals surface area contributed by atoms with Gasteiger partial charge in [0.25, 0.3) is 0 Å². The van der Waals surface area contributed by atoms with Crippen molar-refractivity contribution in [3.05, 3.63) is 41.5 Å². The first-order valence-electron chi connectivity index (χ1n) is 8.86. The maximum absolute atomic E-state index is 13.4. The number of rotatable bonds is 3. The van der Waals surface area contributed by atoms with Gasteiger partial charge in [-0.25, -0.2) is 0 Å². The van der Waals surface area contributed by atoms with Gasteiger partial charge in [-0.2, -0.15) is 5.26 Å². The summed E-state index contributed by atoms with van der Waals surface area (Å²) in [6, 6.07) is 12.5. The van der Waals surface area contributed by atoms with Crippen molar-refractivity contribution in [3.8, 4) is 6.07 Å². The zero-order chi connectivity index (χ0) is 16.3. The predicted molar refractivity (Wildman–Crippen MR) is 92.4 cm³/mol. The molecule has 0 radical (unpaired) electrons. The maximum Gasteiger partial charge on any atom is 0.165 e. The average Bonchev–Trinajstić information content (AvgIpc) is 2.59. The van der Waals surface area contributed by atoms with Gasteiger partial charge in [-0.1, -0.05) is 43.2 Å². The normalized spacial score (nSPS) is 30.5. The Morgan fingerprint density at radius 3 is 2.83 bits per heavy atom. The first-order valence-corrected chi connectivity index (χ1v) is 8.86. The van der Waals surface area contributed by atoms with Gasteiger partial charge in [-0.15, -0.1) is 0 Å². The van der Waals surface area contributed by atoms with Crippen LogP contribution in [-0.4, -0.2) is 5.78 Å². The summed E-state index contributed by atoms with van der Waals surface area (Å²) in [6.45, 7) is 1.96. The molecule has 0 saturated heterocycles.